The summed E-state index contributed by atoms with van der Waals surface area (Å²) in [4.78, 5) is 20.7. The first-order chi connectivity index (χ1) is 7.46. The summed E-state index contributed by atoms with van der Waals surface area (Å²) in [5.74, 6) is -4.76. The lowest BCUT2D eigenvalue weighted by Gasteiger charge is -2.18. The highest BCUT2D eigenvalue weighted by atomic mass is 19.4. The quantitative estimate of drug-likeness (QED) is 0.568. The van der Waals surface area contributed by atoms with Crippen LogP contribution < -0.4 is 0 Å². The maximum atomic E-state index is 11.8. The minimum Gasteiger partial charge on any atom is -0.457 e. The molecule has 0 N–H and O–H groups in total. The van der Waals surface area contributed by atoms with E-state index in [0.29, 0.717) is 0 Å². The molecule has 1 amide bonds. The SMILES string of the molecule is CN(CCOC(=O)C(F)(F)F)C(=O)C(F)(F)F. The van der Waals surface area contributed by atoms with E-state index < -0.39 is 37.4 Å². The predicted octanol–water partition coefficient (Wildman–Crippen LogP) is 1.11. The molecule has 0 aliphatic carbocycles. The number of esters is 1. The van der Waals surface area contributed by atoms with Crippen LogP contribution in [0.1, 0.15) is 0 Å². The lowest BCUT2D eigenvalue weighted by atomic mass is 10.5. The number of hydrogen-bond donors (Lipinski definition) is 0. The molecule has 0 aromatic rings. The molecule has 0 unspecified atom stereocenters. The highest BCUT2D eigenvalue weighted by Crippen LogP contribution is 2.18. The molecule has 10 heteroatoms. The van der Waals surface area contributed by atoms with Crippen LogP contribution in [0.15, 0.2) is 0 Å². The lowest BCUT2D eigenvalue weighted by Crippen LogP contribution is -2.40. The minimum atomic E-state index is -5.22. The molecule has 4 nitrogen and oxygen atoms in total. The summed E-state index contributed by atoms with van der Waals surface area (Å²) >= 11 is 0. The van der Waals surface area contributed by atoms with Crippen molar-refractivity contribution in [3.05, 3.63) is 0 Å². The minimum absolute atomic E-state index is 0.101. The maximum Gasteiger partial charge on any atom is 0.490 e. The average molecular weight is 267 g/mol. The van der Waals surface area contributed by atoms with Crippen LogP contribution in [0.4, 0.5) is 26.3 Å². The van der Waals surface area contributed by atoms with Gasteiger partial charge in [-0.25, -0.2) is 4.79 Å². The first kappa shape index (κ1) is 15.5. The van der Waals surface area contributed by atoms with Gasteiger partial charge >= 0.3 is 24.2 Å². The molecule has 0 spiro atoms. The summed E-state index contributed by atoms with van der Waals surface area (Å²) in [6, 6.07) is 0. The van der Waals surface area contributed by atoms with Crippen molar-refractivity contribution in [3.8, 4) is 0 Å². The van der Waals surface area contributed by atoms with Gasteiger partial charge in [0.1, 0.15) is 6.61 Å². The zero-order valence-electron chi connectivity index (χ0n) is 8.35. The van der Waals surface area contributed by atoms with Crippen LogP contribution in [0.25, 0.3) is 0 Å². The summed E-state index contributed by atoms with van der Waals surface area (Å²) in [6.45, 7) is -1.77. The molecule has 100 valence electrons. The first-order valence-electron chi connectivity index (χ1n) is 4.02. The lowest BCUT2D eigenvalue weighted by molar-refractivity contribution is -0.201. The molecule has 0 saturated heterocycles. The maximum absolute atomic E-state index is 11.8. The smallest absolute Gasteiger partial charge is 0.457 e. The number of carbonyl (C=O) groups is 2. The second-order valence-electron chi connectivity index (χ2n) is 2.86. The Hall–Kier alpha value is -1.48. The standard InChI is InChI=1S/C7H7F6NO3/c1-14(4(15)6(8,9)10)2-3-17-5(16)7(11,12)13/h2-3H2,1H3. The van der Waals surface area contributed by atoms with Crippen LogP contribution in [0.5, 0.6) is 0 Å². The highest BCUT2D eigenvalue weighted by molar-refractivity contribution is 5.81. The van der Waals surface area contributed by atoms with Crippen molar-refractivity contribution < 1.29 is 40.7 Å². The van der Waals surface area contributed by atoms with E-state index in [1.165, 1.54) is 0 Å². The van der Waals surface area contributed by atoms with Crippen LogP contribution >= 0.6 is 0 Å². The second kappa shape index (κ2) is 5.23. The zero-order chi connectivity index (χ0) is 13.9. The van der Waals surface area contributed by atoms with E-state index in [-0.39, 0.29) is 4.90 Å². The largest absolute Gasteiger partial charge is 0.490 e. The number of likely N-dealkylation sites (N-methyl/N-ethyl adjacent to an activating group) is 1. The molecule has 0 rings (SSSR count). The summed E-state index contributed by atoms with van der Waals surface area (Å²) in [6.07, 6.45) is -10.3. The van der Waals surface area contributed by atoms with Gasteiger partial charge in [-0.2, -0.15) is 26.3 Å². The highest BCUT2D eigenvalue weighted by Gasteiger charge is 2.42. The molecule has 0 bridgehead atoms. The summed E-state index contributed by atoms with van der Waals surface area (Å²) in [5, 5.41) is 0. The fraction of sp³-hybridized carbons (Fsp3) is 0.714. The Labute approximate surface area is 91.1 Å². The molecule has 0 aromatic carbocycles. The Morgan fingerprint density at radius 1 is 1.06 bits per heavy atom. The Kier molecular flexibility index (Phi) is 4.78. The molecule has 0 atom stereocenters. The predicted molar refractivity (Wildman–Crippen MR) is 40.7 cm³/mol. The number of rotatable bonds is 3. The molecule has 0 aromatic heterocycles. The zero-order valence-corrected chi connectivity index (χ0v) is 8.35. The van der Waals surface area contributed by atoms with E-state index in [4.69, 9.17) is 0 Å². The van der Waals surface area contributed by atoms with Gasteiger partial charge in [0.2, 0.25) is 0 Å². The van der Waals surface area contributed by atoms with E-state index in [1.807, 2.05) is 0 Å². The van der Waals surface area contributed by atoms with Crippen LogP contribution in [-0.4, -0.2) is 49.3 Å². The van der Waals surface area contributed by atoms with Gasteiger partial charge in [-0.05, 0) is 0 Å². The number of carbonyl (C=O) groups excluding carboxylic acids is 2. The van der Waals surface area contributed by atoms with Crippen molar-refractivity contribution in [2.45, 2.75) is 12.4 Å². The Balaban J connectivity index is 4.08. The van der Waals surface area contributed by atoms with Gasteiger partial charge < -0.3 is 9.64 Å². The first-order valence-corrected chi connectivity index (χ1v) is 4.02. The van der Waals surface area contributed by atoms with Gasteiger partial charge in [0.15, 0.2) is 0 Å². The molecule has 0 fully saturated rings. The molecule has 0 saturated carbocycles. The molecular formula is C7H7F6NO3. The normalized spacial score (nSPS) is 12.2. The Morgan fingerprint density at radius 3 is 1.88 bits per heavy atom. The van der Waals surface area contributed by atoms with E-state index in [1.54, 1.807) is 0 Å². The number of halogens is 6. The van der Waals surface area contributed by atoms with E-state index in [0.717, 1.165) is 7.05 Å². The van der Waals surface area contributed by atoms with Gasteiger partial charge in [-0.1, -0.05) is 0 Å². The van der Waals surface area contributed by atoms with Crippen LogP contribution in [-0.2, 0) is 14.3 Å². The Morgan fingerprint density at radius 2 is 1.53 bits per heavy atom. The van der Waals surface area contributed by atoms with Crippen molar-refractivity contribution >= 4 is 11.9 Å². The van der Waals surface area contributed by atoms with Crippen LogP contribution in [0.3, 0.4) is 0 Å². The molecule has 0 radical (unpaired) electrons. The fourth-order valence-corrected chi connectivity index (χ4v) is 0.675. The van der Waals surface area contributed by atoms with Gasteiger partial charge in [-0.15, -0.1) is 0 Å². The Bertz CT molecular complexity index is 297. The van der Waals surface area contributed by atoms with Gasteiger partial charge in [0.25, 0.3) is 0 Å². The fourth-order valence-electron chi connectivity index (χ4n) is 0.675. The average Bonchev–Trinajstić information content (AvgIpc) is 2.13. The van der Waals surface area contributed by atoms with Crippen molar-refractivity contribution in [1.82, 2.24) is 4.90 Å². The van der Waals surface area contributed by atoms with Gasteiger partial charge in [0, 0.05) is 7.05 Å². The molecule has 0 aliphatic heterocycles. The summed E-state index contributed by atoms with van der Waals surface area (Å²) in [7, 11) is 0.719. The van der Waals surface area contributed by atoms with Crippen molar-refractivity contribution in [3.63, 3.8) is 0 Å². The molecule has 17 heavy (non-hydrogen) atoms. The summed E-state index contributed by atoms with van der Waals surface area (Å²) < 4.78 is 73.8. The van der Waals surface area contributed by atoms with Gasteiger partial charge in [-0.3, -0.25) is 4.79 Å². The number of hydrogen-bond acceptors (Lipinski definition) is 3. The molecular weight excluding hydrogens is 260 g/mol. The number of amides is 1. The topological polar surface area (TPSA) is 46.6 Å². The van der Waals surface area contributed by atoms with E-state index in [2.05, 4.69) is 4.74 Å². The number of alkyl halides is 6. The van der Waals surface area contributed by atoms with Crippen molar-refractivity contribution in [1.29, 1.82) is 0 Å². The third-order valence-corrected chi connectivity index (χ3v) is 1.48. The number of ether oxygens (including phenoxy) is 1. The molecule has 0 aliphatic rings. The van der Waals surface area contributed by atoms with Crippen LogP contribution in [0, 0.1) is 0 Å². The third-order valence-electron chi connectivity index (χ3n) is 1.48. The third kappa shape index (κ3) is 5.41. The van der Waals surface area contributed by atoms with Gasteiger partial charge in [0.05, 0.1) is 6.54 Å². The monoisotopic (exact) mass is 267 g/mol. The van der Waals surface area contributed by atoms with Crippen molar-refractivity contribution in [2.75, 3.05) is 20.2 Å². The van der Waals surface area contributed by atoms with Crippen molar-refractivity contribution in [2.24, 2.45) is 0 Å². The number of nitrogens with zero attached hydrogens (tertiary/aromatic N) is 1. The second-order valence-corrected chi connectivity index (χ2v) is 2.86. The molecule has 0 heterocycles. The van der Waals surface area contributed by atoms with E-state index in [9.17, 15) is 35.9 Å². The van der Waals surface area contributed by atoms with E-state index >= 15 is 0 Å². The van der Waals surface area contributed by atoms with Crippen LogP contribution in [0.2, 0.25) is 0 Å². The summed E-state index contributed by atoms with van der Waals surface area (Å²) in [5.41, 5.74) is 0.